The van der Waals surface area contributed by atoms with Gasteiger partial charge >= 0.3 is 0 Å². The number of morpholine rings is 1. The third-order valence-corrected chi connectivity index (χ3v) is 4.53. The Labute approximate surface area is 153 Å². The Morgan fingerprint density at radius 2 is 2.08 bits per heavy atom. The van der Waals surface area contributed by atoms with Crippen molar-refractivity contribution < 1.29 is 13.9 Å². The van der Waals surface area contributed by atoms with Crippen LogP contribution in [-0.2, 0) is 16.0 Å². The summed E-state index contributed by atoms with van der Waals surface area (Å²) in [5.74, 6) is 0.615. The molecule has 0 saturated carbocycles. The Morgan fingerprint density at radius 1 is 1.27 bits per heavy atom. The lowest BCUT2D eigenvalue weighted by atomic mass is 10.1. The van der Waals surface area contributed by atoms with Gasteiger partial charge in [0.1, 0.15) is 17.7 Å². The van der Waals surface area contributed by atoms with E-state index in [1.54, 1.807) is 23.1 Å². The van der Waals surface area contributed by atoms with E-state index in [9.17, 15) is 9.18 Å². The van der Waals surface area contributed by atoms with Crippen LogP contribution in [0.1, 0.15) is 23.8 Å². The van der Waals surface area contributed by atoms with Crippen LogP contribution in [0.5, 0.6) is 0 Å². The minimum Gasteiger partial charge on any atom is -0.368 e. The van der Waals surface area contributed by atoms with Crippen molar-refractivity contribution in [3.05, 3.63) is 59.5 Å². The van der Waals surface area contributed by atoms with Gasteiger partial charge in [0.2, 0.25) is 5.91 Å². The van der Waals surface area contributed by atoms with Crippen LogP contribution < -0.4 is 4.90 Å². The standard InChI is InChI=1S/C20H24FN3O2/c1-23(2)19-9-5-8-17(22-19)18-14-24(12-13-26-18)20(25)11-10-15-6-3-4-7-16(15)21/h3-9,18H,10-14H2,1-2H3/t18-/m1/s1. The molecule has 1 saturated heterocycles. The summed E-state index contributed by atoms with van der Waals surface area (Å²) in [6, 6.07) is 12.4. The van der Waals surface area contributed by atoms with Crippen LogP contribution in [-0.4, -0.2) is 49.6 Å². The van der Waals surface area contributed by atoms with E-state index in [0.717, 1.165) is 11.5 Å². The van der Waals surface area contributed by atoms with Gasteiger partial charge in [0.15, 0.2) is 0 Å². The van der Waals surface area contributed by atoms with Gasteiger partial charge in [0.25, 0.3) is 0 Å². The van der Waals surface area contributed by atoms with E-state index in [1.807, 2.05) is 37.2 Å². The summed E-state index contributed by atoms with van der Waals surface area (Å²) in [5, 5.41) is 0. The molecule has 2 aromatic rings. The first-order valence-electron chi connectivity index (χ1n) is 8.81. The molecular formula is C20H24FN3O2. The largest absolute Gasteiger partial charge is 0.368 e. The summed E-state index contributed by atoms with van der Waals surface area (Å²) in [4.78, 5) is 20.9. The van der Waals surface area contributed by atoms with Crippen LogP contribution in [0.2, 0.25) is 0 Å². The van der Waals surface area contributed by atoms with Crippen LogP contribution in [0.25, 0.3) is 0 Å². The highest BCUT2D eigenvalue weighted by atomic mass is 19.1. The molecule has 0 spiro atoms. The minimum atomic E-state index is -0.259. The monoisotopic (exact) mass is 357 g/mol. The summed E-state index contributed by atoms with van der Waals surface area (Å²) in [5.41, 5.74) is 1.40. The Kier molecular flexibility index (Phi) is 5.83. The van der Waals surface area contributed by atoms with Gasteiger partial charge in [0, 0.05) is 27.1 Å². The van der Waals surface area contributed by atoms with Gasteiger partial charge in [-0.2, -0.15) is 0 Å². The lowest BCUT2D eigenvalue weighted by molar-refractivity contribution is -0.139. The average Bonchev–Trinajstić information content (AvgIpc) is 2.67. The van der Waals surface area contributed by atoms with Gasteiger partial charge in [-0.05, 0) is 30.2 Å². The van der Waals surface area contributed by atoms with Gasteiger partial charge in [0.05, 0.1) is 18.8 Å². The van der Waals surface area contributed by atoms with Crippen LogP contribution in [0.15, 0.2) is 42.5 Å². The minimum absolute atomic E-state index is 0.0188. The molecule has 1 aromatic carbocycles. The molecule has 3 rings (SSSR count). The van der Waals surface area contributed by atoms with Crippen molar-refractivity contribution >= 4 is 11.7 Å². The molecule has 2 heterocycles. The van der Waals surface area contributed by atoms with Crippen LogP contribution in [0.3, 0.4) is 0 Å². The fraction of sp³-hybridized carbons (Fsp3) is 0.400. The number of anilines is 1. The Bertz CT molecular complexity index is 766. The number of aromatic nitrogens is 1. The number of halogens is 1. The first kappa shape index (κ1) is 18.3. The molecule has 1 fully saturated rings. The molecule has 5 nitrogen and oxygen atoms in total. The summed E-state index contributed by atoms with van der Waals surface area (Å²) in [6.45, 7) is 1.50. The van der Waals surface area contributed by atoms with Crippen molar-refractivity contribution in [1.82, 2.24) is 9.88 Å². The molecule has 0 radical (unpaired) electrons. The number of carbonyl (C=O) groups is 1. The van der Waals surface area contributed by atoms with Crippen molar-refractivity contribution in [1.29, 1.82) is 0 Å². The lowest BCUT2D eigenvalue weighted by Crippen LogP contribution is -2.42. The maximum Gasteiger partial charge on any atom is 0.223 e. The SMILES string of the molecule is CN(C)c1cccc([C@H]2CN(C(=O)CCc3ccccc3F)CCO2)n1. The number of hydrogen-bond donors (Lipinski definition) is 0. The number of aryl methyl sites for hydroxylation is 1. The van der Waals surface area contributed by atoms with E-state index in [4.69, 9.17) is 4.74 Å². The smallest absolute Gasteiger partial charge is 0.223 e. The van der Waals surface area contributed by atoms with E-state index < -0.39 is 0 Å². The number of pyridine rings is 1. The predicted octanol–water partition coefficient (Wildman–Crippen LogP) is 2.82. The van der Waals surface area contributed by atoms with E-state index in [2.05, 4.69) is 4.98 Å². The van der Waals surface area contributed by atoms with Gasteiger partial charge in [-0.1, -0.05) is 24.3 Å². The third kappa shape index (κ3) is 4.38. The highest BCUT2D eigenvalue weighted by Gasteiger charge is 2.26. The molecule has 26 heavy (non-hydrogen) atoms. The van der Waals surface area contributed by atoms with E-state index in [1.165, 1.54) is 6.07 Å². The lowest BCUT2D eigenvalue weighted by Gasteiger charge is -2.33. The zero-order valence-electron chi connectivity index (χ0n) is 15.2. The molecule has 0 bridgehead atoms. The number of nitrogens with zero attached hydrogens (tertiary/aromatic N) is 3. The predicted molar refractivity (Wildman–Crippen MR) is 98.6 cm³/mol. The summed E-state index contributed by atoms with van der Waals surface area (Å²) in [7, 11) is 3.87. The maximum atomic E-state index is 13.7. The number of benzene rings is 1. The van der Waals surface area contributed by atoms with E-state index in [-0.39, 0.29) is 17.8 Å². The van der Waals surface area contributed by atoms with E-state index >= 15 is 0 Å². The second kappa shape index (κ2) is 8.27. The van der Waals surface area contributed by atoms with Crippen molar-refractivity contribution in [3.8, 4) is 0 Å². The Balaban J connectivity index is 1.62. The highest BCUT2D eigenvalue weighted by Crippen LogP contribution is 2.23. The molecule has 6 heteroatoms. The van der Waals surface area contributed by atoms with Crippen molar-refractivity contribution in [2.45, 2.75) is 18.9 Å². The Hall–Kier alpha value is -2.47. The second-order valence-corrected chi connectivity index (χ2v) is 6.61. The zero-order valence-corrected chi connectivity index (χ0v) is 15.2. The first-order chi connectivity index (χ1) is 12.5. The van der Waals surface area contributed by atoms with Gasteiger partial charge in [-0.25, -0.2) is 9.37 Å². The molecule has 1 aliphatic rings. The molecule has 0 N–H and O–H groups in total. The maximum absolute atomic E-state index is 13.7. The molecule has 138 valence electrons. The summed E-state index contributed by atoms with van der Waals surface area (Å²) >= 11 is 0. The quantitative estimate of drug-likeness (QED) is 0.826. The van der Waals surface area contributed by atoms with E-state index in [0.29, 0.717) is 38.1 Å². The third-order valence-electron chi connectivity index (χ3n) is 4.53. The molecule has 0 aliphatic carbocycles. The molecule has 1 aliphatic heterocycles. The van der Waals surface area contributed by atoms with Gasteiger partial charge in [-0.15, -0.1) is 0 Å². The average molecular weight is 357 g/mol. The molecule has 1 amide bonds. The first-order valence-corrected chi connectivity index (χ1v) is 8.81. The number of carbonyl (C=O) groups excluding carboxylic acids is 1. The molecule has 0 unspecified atom stereocenters. The van der Waals surface area contributed by atoms with Crippen molar-refractivity contribution in [3.63, 3.8) is 0 Å². The second-order valence-electron chi connectivity index (χ2n) is 6.61. The van der Waals surface area contributed by atoms with Crippen molar-refractivity contribution in [2.24, 2.45) is 0 Å². The number of rotatable bonds is 5. The number of amides is 1. The van der Waals surface area contributed by atoms with Crippen LogP contribution >= 0.6 is 0 Å². The van der Waals surface area contributed by atoms with Gasteiger partial charge in [-0.3, -0.25) is 4.79 Å². The van der Waals surface area contributed by atoms with Crippen LogP contribution in [0.4, 0.5) is 10.2 Å². The fourth-order valence-electron chi connectivity index (χ4n) is 3.02. The Morgan fingerprint density at radius 3 is 2.85 bits per heavy atom. The topological polar surface area (TPSA) is 45.7 Å². The fourth-order valence-corrected chi connectivity index (χ4v) is 3.02. The summed E-state index contributed by atoms with van der Waals surface area (Å²) in [6.07, 6.45) is 0.460. The molecule has 1 aromatic heterocycles. The number of hydrogen-bond acceptors (Lipinski definition) is 4. The molecular weight excluding hydrogens is 333 g/mol. The molecule has 1 atom stereocenters. The summed E-state index contributed by atoms with van der Waals surface area (Å²) < 4.78 is 19.5. The number of ether oxygens (including phenoxy) is 1. The highest BCUT2D eigenvalue weighted by molar-refractivity contribution is 5.76. The van der Waals surface area contributed by atoms with Crippen molar-refractivity contribution in [2.75, 3.05) is 38.7 Å². The normalized spacial score (nSPS) is 17.2. The van der Waals surface area contributed by atoms with Gasteiger partial charge < -0.3 is 14.5 Å². The van der Waals surface area contributed by atoms with Crippen LogP contribution in [0, 0.1) is 5.82 Å². The zero-order chi connectivity index (χ0) is 18.5.